The molecule has 1 aliphatic heterocycles. The van der Waals surface area contributed by atoms with E-state index in [0.29, 0.717) is 0 Å². The molecule has 0 radical (unpaired) electrons. The summed E-state index contributed by atoms with van der Waals surface area (Å²) in [7, 11) is 0. The lowest BCUT2D eigenvalue weighted by atomic mass is 10.0. The van der Waals surface area contributed by atoms with E-state index >= 15 is 0 Å². The third-order valence-electron chi connectivity index (χ3n) is 2.41. The predicted octanol–water partition coefficient (Wildman–Crippen LogP) is 1.34. The first-order valence-electron chi connectivity index (χ1n) is 4.72. The fraction of sp³-hybridized carbons (Fsp3) is 0.889. The number of carboxylic acid groups (broad SMARTS) is 1. The third-order valence-corrected chi connectivity index (χ3v) is 2.41. The maximum atomic E-state index is 10.8. The minimum Gasteiger partial charge on any atom is -0.480 e. The summed E-state index contributed by atoms with van der Waals surface area (Å²) in [6, 6.07) is -0.210. The van der Waals surface area contributed by atoms with Crippen LogP contribution in [-0.2, 0) is 4.79 Å². The quantitative estimate of drug-likeness (QED) is 0.696. The van der Waals surface area contributed by atoms with Crippen molar-refractivity contribution in [3.05, 3.63) is 0 Å². The Kier molecular flexibility index (Phi) is 3.53. The Bertz CT molecular complexity index is 157. The normalized spacial score (nSPS) is 25.6. The molecule has 0 aromatic carbocycles. The molecule has 1 aliphatic rings. The molecule has 12 heavy (non-hydrogen) atoms. The molecular formula is C9H17NO2. The number of hydrogen-bond donors (Lipinski definition) is 1. The van der Waals surface area contributed by atoms with Crippen molar-refractivity contribution < 1.29 is 9.90 Å². The monoisotopic (exact) mass is 171 g/mol. The lowest BCUT2D eigenvalue weighted by Gasteiger charge is -2.32. The van der Waals surface area contributed by atoms with E-state index in [1.54, 1.807) is 0 Å². The number of hydrogen-bond acceptors (Lipinski definition) is 2. The molecule has 1 saturated heterocycles. The van der Waals surface area contributed by atoms with Gasteiger partial charge < -0.3 is 5.11 Å². The second-order valence-corrected chi connectivity index (χ2v) is 3.39. The Balaban J connectivity index is 2.48. The molecule has 1 unspecified atom stereocenters. The molecule has 0 amide bonds. The first-order valence-corrected chi connectivity index (χ1v) is 4.72. The summed E-state index contributed by atoms with van der Waals surface area (Å²) in [5, 5.41) is 8.89. The number of nitrogens with zero attached hydrogens (tertiary/aromatic N) is 1. The molecule has 0 aliphatic carbocycles. The van der Waals surface area contributed by atoms with E-state index < -0.39 is 5.97 Å². The van der Waals surface area contributed by atoms with Crippen molar-refractivity contribution in [1.29, 1.82) is 0 Å². The predicted molar refractivity (Wildman–Crippen MR) is 47.1 cm³/mol. The van der Waals surface area contributed by atoms with Gasteiger partial charge in [0.25, 0.3) is 0 Å². The average Bonchev–Trinajstić information content (AvgIpc) is 2.05. The van der Waals surface area contributed by atoms with Crippen molar-refractivity contribution in [1.82, 2.24) is 4.90 Å². The van der Waals surface area contributed by atoms with Gasteiger partial charge in [0.05, 0.1) is 0 Å². The van der Waals surface area contributed by atoms with Crippen molar-refractivity contribution in [3.8, 4) is 0 Å². The van der Waals surface area contributed by atoms with Gasteiger partial charge in [0, 0.05) is 0 Å². The molecule has 0 aromatic rings. The number of carboxylic acids is 1. The summed E-state index contributed by atoms with van der Waals surface area (Å²) in [4.78, 5) is 12.9. The van der Waals surface area contributed by atoms with Crippen molar-refractivity contribution in [2.24, 2.45) is 0 Å². The van der Waals surface area contributed by atoms with E-state index in [4.69, 9.17) is 5.11 Å². The Hall–Kier alpha value is -0.570. The van der Waals surface area contributed by atoms with Crippen LogP contribution in [0.1, 0.15) is 32.6 Å². The maximum Gasteiger partial charge on any atom is 0.320 e. The van der Waals surface area contributed by atoms with Gasteiger partial charge in [-0.15, -0.1) is 0 Å². The van der Waals surface area contributed by atoms with Gasteiger partial charge in [-0.05, 0) is 32.4 Å². The molecule has 1 rings (SSSR count). The molecule has 1 atom stereocenters. The molecule has 0 bridgehead atoms. The topological polar surface area (TPSA) is 40.5 Å². The van der Waals surface area contributed by atoms with Gasteiger partial charge in [0.2, 0.25) is 0 Å². The molecular weight excluding hydrogens is 154 g/mol. The van der Waals surface area contributed by atoms with Crippen molar-refractivity contribution in [3.63, 3.8) is 0 Å². The highest BCUT2D eigenvalue weighted by Crippen LogP contribution is 2.16. The van der Waals surface area contributed by atoms with Crippen LogP contribution >= 0.6 is 0 Å². The zero-order chi connectivity index (χ0) is 8.97. The van der Waals surface area contributed by atoms with E-state index in [1.807, 2.05) is 0 Å². The van der Waals surface area contributed by atoms with Crippen molar-refractivity contribution >= 4 is 5.97 Å². The minimum atomic E-state index is -0.650. The van der Waals surface area contributed by atoms with Crippen LogP contribution in [0.3, 0.4) is 0 Å². The van der Waals surface area contributed by atoms with Gasteiger partial charge in [0.15, 0.2) is 0 Å². The van der Waals surface area contributed by atoms with Gasteiger partial charge in [-0.1, -0.05) is 13.3 Å². The average molecular weight is 171 g/mol. The molecule has 1 heterocycles. The van der Waals surface area contributed by atoms with Crippen LogP contribution < -0.4 is 0 Å². The van der Waals surface area contributed by atoms with E-state index in [1.165, 1.54) is 0 Å². The minimum absolute atomic E-state index is 0.210. The van der Waals surface area contributed by atoms with Crippen LogP contribution in [0.25, 0.3) is 0 Å². The highest BCUT2D eigenvalue weighted by Gasteiger charge is 2.27. The van der Waals surface area contributed by atoms with Crippen LogP contribution in [-0.4, -0.2) is 35.1 Å². The molecule has 3 nitrogen and oxygen atoms in total. The molecule has 0 saturated carbocycles. The SMILES string of the molecule is CCCN1CCCCC1C(=O)O. The molecule has 70 valence electrons. The zero-order valence-electron chi connectivity index (χ0n) is 7.62. The summed E-state index contributed by atoms with van der Waals surface area (Å²) in [6.45, 7) is 3.98. The molecule has 1 fully saturated rings. The van der Waals surface area contributed by atoms with Crippen LogP contribution in [0.15, 0.2) is 0 Å². The second kappa shape index (κ2) is 4.45. The Labute approximate surface area is 73.4 Å². The van der Waals surface area contributed by atoms with Crippen LogP contribution in [0.2, 0.25) is 0 Å². The van der Waals surface area contributed by atoms with Crippen LogP contribution in [0.4, 0.5) is 0 Å². The fourth-order valence-electron chi connectivity index (χ4n) is 1.83. The Morgan fingerprint density at radius 1 is 1.58 bits per heavy atom. The third kappa shape index (κ3) is 2.21. The van der Waals surface area contributed by atoms with Gasteiger partial charge in [-0.2, -0.15) is 0 Å². The van der Waals surface area contributed by atoms with Crippen LogP contribution in [0.5, 0.6) is 0 Å². The summed E-state index contributed by atoms with van der Waals surface area (Å²) < 4.78 is 0. The van der Waals surface area contributed by atoms with E-state index in [2.05, 4.69) is 11.8 Å². The molecule has 1 N–H and O–H groups in total. The summed E-state index contributed by atoms with van der Waals surface area (Å²) in [6.07, 6.45) is 4.10. The summed E-state index contributed by atoms with van der Waals surface area (Å²) in [5.74, 6) is -0.650. The summed E-state index contributed by atoms with van der Waals surface area (Å²) in [5.41, 5.74) is 0. The lowest BCUT2D eigenvalue weighted by molar-refractivity contribution is -0.144. The fourth-order valence-corrected chi connectivity index (χ4v) is 1.83. The first kappa shape index (κ1) is 9.52. The van der Waals surface area contributed by atoms with Gasteiger partial charge in [-0.25, -0.2) is 0 Å². The highest BCUT2D eigenvalue weighted by atomic mass is 16.4. The van der Waals surface area contributed by atoms with E-state index in [0.717, 1.165) is 38.8 Å². The number of piperidine rings is 1. The van der Waals surface area contributed by atoms with Gasteiger partial charge in [-0.3, -0.25) is 9.69 Å². The van der Waals surface area contributed by atoms with Crippen molar-refractivity contribution in [2.75, 3.05) is 13.1 Å². The highest BCUT2D eigenvalue weighted by molar-refractivity contribution is 5.73. The Morgan fingerprint density at radius 3 is 2.92 bits per heavy atom. The molecule has 0 aromatic heterocycles. The molecule has 0 spiro atoms. The van der Waals surface area contributed by atoms with Crippen LogP contribution in [0, 0.1) is 0 Å². The number of rotatable bonds is 3. The molecule has 3 heteroatoms. The zero-order valence-corrected chi connectivity index (χ0v) is 7.62. The Morgan fingerprint density at radius 2 is 2.33 bits per heavy atom. The number of likely N-dealkylation sites (tertiary alicyclic amines) is 1. The lowest BCUT2D eigenvalue weighted by Crippen LogP contribution is -2.44. The second-order valence-electron chi connectivity index (χ2n) is 3.39. The van der Waals surface area contributed by atoms with Gasteiger partial charge in [0.1, 0.15) is 6.04 Å². The van der Waals surface area contributed by atoms with Gasteiger partial charge >= 0.3 is 5.97 Å². The van der Waals surface area contributed by atoms with E-state index in [-0.39, 0.29) is 6.04 Å². The largest absolute Gasteiger partial charge is 0.480 e. The smallest absolute Gasteiger partial charge is 0.320 e. The maximum absolute atomic E-state index is 10.8. The number of aliphatic carboxylic acids is 1. The van der Waals surface area contributed by atoms with Crippen molar-refractivity contribution in [2.45, 2.75) is 38.6 Å². The number of carbonyl (C=O) groups is 1. The first-order chi connectivity index (χ1) is 5.75. The standard InChI is InChI=1S/C9H17NO2/c1-2-6-10-7-4-3-5-8(10)9(11)12/h8H,2-7H2,1H3,(H,11,12). The summed E-state index contributed by atoms with van der Waals surface area (Å²) >= 11 is 0. The van der Waals surface area contributed by atoms with E-state index in [9.17, 15) is 4.79 Å².